The predicted molar refractivity (Wildman–Crippen MR) is 128 cm³/mol. The van der Waals surface area contributed by atoms with E-state index in [4.69, 9.17) is 0 Å². The topological polar surface area (TPSA) is 55.1 Å². The summed E-state index contributed by atoms with van der Waals surface area (Å²) >= 11 is 0. The van der Waals surface area contributed by atoms with Gasteiger partial charge in [-0.05, 0) is 43.2 Å². The Morgan fingerprint density at radius 3 is 2.19 bits per heavy atom. The molecule has 3 aromatic rings. The highest BCUT2D eigenvalue weighted by Crippen LogP contribution is 2.37. The molecule has 0 saturated carbocycles. The summed E-state index contributed by atoms with van der Waals surface area (Å²) in [4.78, 5) is 17.0. The molecule has 0 radical (unpaired) electrons. The van der Waals surface area contributed by atoms with E-state index in [1.54, 1.807) is 0 Å². The Balaban J connectivity index is 1.53. The van der Waals surface area contributed by atoms with Crippen LogP contribution in [-0.2, 0) is 4.79 Å². The van der Waals surface area contributed by atoms with Crippen molar-refractivity contribution in [3.8, 4) is 0 Å². The van der Waals surface area contributed by atoms with Crippen molar-refractivity contribution in [2.75, 3.05) is 5.32 Å². The van der Waals surface area contributed by atoms with Gasteiger partial charge in [-0.25, -0.2) is 10.6 Å². The van der Waals surface area contributed by atoms with Crippen LogP contribution in [0.2, 0.25) is 0 Å². The lowest BCUT2D eigenvalue weighted by Gasteiger charge is -2.33. The van der Waals surface area contributed by atoms with Crippen molar-refractivity contribution in [1.29, 1.82) is 0 Å². The fraction of sp³-hybridized carbons (Fsp3) is 0.214. The number of aryl methyl sites for hydroxylation is 2. The van der Waals surface area contributed by atoms with Crippen molar-refractivity contribution < 1.29 is 9.79 Å². The van der Waals surface area contributed by atoms with Crippen LogP contribution in [0.4, 0.5) is 5.69 Å². The van der Waals surface area contributed by atoms with Crippen molar-refractivity contribution in [1.82, 2.24) is 5.32 Å². The normalized spacial score (nSPS) is 22.3. The SMILES string of the molecule is Cc1ccc(NC2=[NH+][C@H](c3ccccc3)[C@@H]3C(=O)C[C@H](c4ccc(C)cc4)C=C3N2)cc1. The number of carbonyl (C=O) groups excluding carboxylic acids is 1. The van der Waals surface area contributed by atoms with Crippen LogP contribution in [0.5, 0.6) is 0 Å². The summed E-state index contributed by atoms with van der Waals surface area (Å²) in [7, 11) is 0. The molecule has 2 aliphatic rings. The first-order chi connectivity index (χ1) is 15.6. The van der Waals surface area contributed by atoms with Crippen LogP contribution in [0, 0.1) is 19.8 Å². The number of ketones is 1. The van der Waals surface area contributed by atoms with Gasteiger partial charge >= 0.3 is 5.96 Å². The fourth-order valence-corrected chi connectivity index (χ4v) is 4.61. The Kier molecular flexibility index (Phi) is 5.36. The molecule has 0 aromatic heterocycles. The number of fused-ring (bicyclic) bond motifs is 1. The van der Waals surface area contributed by atoms with Crippen LogP contribution in [0.1, 0.15) is 40.6 Å². The summed E-state index contributed by atoms with van der Waals surface area (Å²) in [5.74, 6) is 0.901. The first-order valence-electron chi connectivity index (χ1n) is 11.2. The van der Waals surface area contributed by atoms with Gasteiger partial charge in [-0.1, -0.05) is 77.9 Å². The Hall–Kier alpha value is -3.66. The van der Waals surface area contributed by atoms with Crippen LogP contribution >= 0.6 is 0 Å². The lowest BCUT2D eigenvalue weighted by molar-refractivity contribution is -0.522. The molecule has 0 unspecified atom stereocenters. The third-order valence-electron chi connectivity index (χ3n) is 6.37. The van der Waals surface area contributed by atoms with E-state index in [-0.39, 0.29) is 23.7 Å². The van der Waals surface area contributed by atoms with Crippen molar-refractivity contribution in [2.45, 2.75) is 32.2 Å². The maximum Gasteiger partial charge on any atom is 0.353 e. The number of benzene rings is 3. The van der Waals surface area contributed by atoms with Gasteiger partial charge in [0.15, 0.2) is 0 Å². The second-order valence-electron chi connectivity index (χ2n) is 8.81. The summed E-state index contributed by atoms with van der Waals surface area (Å²) in [5, 5.41) is 6.95. The van der Waals surface area contributed by atoms with E-state index in [0.717, 1.165) is 22.9 Å². The van der Waals surface area contributed by atoms with E-state index in [1.807, 2.05) is 18.2 Å². The lowest BCUT2D eigenvalue weighted by atomic mass is 9.76. The lowest BCUT2D eigenvalue weighted by Crippen LogP contribution is -2.84. The van der Waals surface area contributed by atoms with Crippen LogP contribution in [0.15, 0.2) is 90.6 Å². The van der Waals surface area contributed by atoms with Crippen LogP contribution in [0.3, 0.4) is 0 Å². The molecule has 0 saturated heterocycles. The minimum Gasteiger partial charge on any atom is -0.299 e. The molecule has 3 aromatic carbocycles. The molecular weight excluding hydrogens is 394 g/mol. The van der Waals surface area contributed by atoms with Gasteiger partial charge in [0.05, 0.1) is 11.4 Å². The van der Waals surface area contributed by atoms with Gasteiger partial charge in [-0.3, -0.25) is 9.79 Å². The first-order valence-corrected chi connectivity index (χ1v) is 11.2. The maximum absolute atomic E-state index is 13.4. The summed E-state index contributed by atoms with van der Waals surface area (Å²) < 4.78 is 0. The van der Waals surface area contributed by atoms with Gasteiger partial charge in [0.2, 0.25) is 0 Å². The smallest absolute Gasteiger partial charge is 0.299 e. The zero-order valence-corrected chi connectivity index (χ0v) is 18.4. The average molecular weight is 423 g/mol. The third-order valence-corrected chi connectivity index (χ3v) is 6.37. The first kappa shape index (κ1) is 20.3. The molecule has 1 aliphatic heterocycles. The standard InChI is InChI=1S/C28H27N3O/c1-18-8-12-20(13-9-18)22-16-24-26(25(32)17-22)27(21-6-4-3-5-7-21)31-28(30-24)29-23-14-10-19(2)11-15-23/h3-16,22,26-27H,17H2,1-2H3,(H2,29,30,31)/p+1/t22-,26+,27-/m1/s1. The molecule has 0 spiro atoms. The largest absolute Gasteiger partial charge is 0.353 e. The second kappa shape index (κ2) is 8.46. The molecule has 0 amide bonds. The zero-order valence-electron chi connectivity index (χ0n) is 18.4. The number of guanidine groups is 1. The number of carbonyl (C=O) groups is 1. The van der Waals surface area contributed by atoms with Crippen molar-refractivity contribution in [2.24, 2.45) is 5.92 Å². The molecule has 32 heavy (non-hydrogen) atoms. The minimum absolute atomic E-state index is 0.0806. The van der Waals surface area contributed by atoms with Crippen LogP contribution < -0.4 is 15.6 Å². The van der Waals surface area contributed by atoms with E-state index in [2.05, 4.69) is 96.2 Å². The summed E-state index contributed by atoms with van der Waals surface area (Å²) in [5.41, 5.74) is 6.69. The van der Waals surface area contributed by atoms with Gasteiger partial charge in [0.25, 0.3) is 0 Å². The molecule has 0 fully saturated rings. The number of Topliss-reactive ketones (excluding diaryl/α,β-unsaturated/α-hetero) is 1. The van der Waals surface area contributed by atoms with E-state index in [1.165, 1.54) is 16.7 Å². The number of rotatable bonds is 3. The quantitative estimate of drug-likeness (QED) is 0.603. The Morgan fingerprint density at radius 1 is 0.844 bits per heavy atom. The van der Waals surface area contributed by atoms with Gasteiger partial charge in [0.1, 0.15) is 17.7 Å². The number of nitrogens with one attached hydrogen (secondary N) is 3. The van der Waals surface area contributed by atoms with Crippen LogP contribution in [0.25, 0.3) is 0 Å². The molecule has 3 atom stereocenters. The minimum atomic E-state index is -0.234. The number of allylic oxidation sites excluding steroid dienone is 1. The zero-order chi connectivity index (χ0) is 22.1. The van der Waals surface area contributed by atoms with Gasteiger partial charge in [0, 0.05) is 12.3 Å². The fourth-order valence-electron chi connectivity index (χ4n) is 4.61. The summed E-state index contributed by atoms with van der Waals surface area (Å²) in [6.07, 6.45) is 2.76. The van der Waals surface area contributed by atoms with E-state index in [0.29, 0.717) is 6.42 Å². The molecular formula is C28H28N3O+. The summed E-state index contributed by atoms with van der Waals surface area (Å²) in [6, 6.07) is 26.9. The molecule has 160 valence electrons. The number of anilines is 1. The Morgan fingerprint density at radius 2 is 1.50 bits per heavy atom. The molecule has 4 heteroatoms. The van der Waals surface area contributed by atoms with E-state index < -0.39 is 0 Å². The second-order valence-corrected chi connectivity index (χ2v) is 8.81. The Labute approximate surface area is 189 Å². The highest BCUT2D eigenvalue weighted by Gasteiger charge is 2.43. The molecule has 1 heterocycles. The Bertz CT molecular complexity index is 1180. The average Bonchev–Trinajstić information content (AvgIpc) is 2.81. The maximum atomic E-state index is 13.4. The van der Waals surface area contributed by atoms with E-state index >= 15 is 0 Å². The number of hydrogen-bond acceptors (Lipinski definition) is 3. The molecule has 1 aliphatic carbocycles. The van der Waals surface area contributed by atoms with E-state index in [9.17, 15) is 4.79 Å². The van der Waals surface area contributed by atoms with Gasteiger partial charge in [-0.2, -0.15) is 0 Å². The monoisotopic (exact) mass is 422 g/mol. The molecule has 4 nitrogen and oxygen atoms in total. The van der Waals surface area contributed by atoms with Crippen molar-refractivity contribution in [3.05, 3.63) is 113 Å². The molecule has 5 rings (SSSR count). The summed E-state index contributed by atoms with van der Waals surface area (Å²) in [6.45, 7) is 4.16. The molecule has 0 bridgehead atoms. The van der Waals surface area contributed by atoms with Gasteiger partial charge in [-0.15, -0.1) is 0 Å². The molecule has 3 N–H and O–H groups in total. The third kappa shape index (κ3) is 4.09. The van der Waals surface area contributed by atoms with Crippen LogP contribution in [-0.4, -0.2) is 11.7 Å². The number of hydrogen-bond donors (Lipinski definition) is 3. The predicted octanol–water partition coefficient (Wildman–Crippen LogP) is 3.75. The van der Waals surface area contributed by atoms with Gasteiger partial charge < -0.3 is 0 Å². The van der Waals surface area contributed by atoms with Crippen molar-refractivity contribution >= 4 is 17.4 Å². The highest BCUT2D eigenvalue weighted by molar-refractivity contribution is 5.94. The van der Waals surface area contributed by atoms with Crippen molar-refractivity contribution in [3.63, 3.8) is 0 Å². The highest BCUT2D eigenvalue weighted by atomic mass is 16.1.